The minimum absolute atomic E-state index is 0.136. The van der Waals surface area contributed by atoms with Gasteiger partial charge in [-0.05, 0) is 60.9 Å². The lowest BCUT2D eigenvalue weighted by molar-refractivity contribution is -0.117. The fraction of sp³-hybridized carbons (Fsp3) is 0.233. The molecule has 0 aliphatic heterocycles. The van der Waals surface area contributed by atoms with Crippen LogP contribution in [0.15, 0.2) is 72.8 Å². The van der Waals surface area contributed by atoms with Crippen molar-refractivity contribution in [1.82, 2.24) is 14.7 Å². The van der Waals surface area contributed by atoms with E-state index in [1.165, 1.54) is 11.0 Å². The molecule has 3 aromatic carbocycles. The Kier molecular flexibility index (Phi) is 8.94. The zero-order valence-electron chi connectivity index (χ0n) is 22.2. The molecule has 9 heteroatoms. The second kappa shape index (κ2) is 12.4. The van der Waals surface area contributed by atoms with Crippen molar-refractivity contribution < 1.29 is 14.3 Å². The van der Waals surface area contributed by atoms with E-state index < -0.39 is 0 Å². The Hall–Kier alpha value is -3.81. The van der Waals surface area contributed by atoms with Gasteiger partial charge in [-0.3, -0.25) is 9.59 Å². The van der Waals surface area contributed by atoms with Gasteiger partial charge < -0.3 is 15.0 Å². The first-order chi connectivity index (χ1) is 18.7. The van der Waals surface area contributed by atoms with Gasteiger partial charge in [-0.15, -0.1) is 0 Å². The van der Waals surface area contributed by atoms with Gasteiger partial charge in [0.2, 0.25) is 5.91 Å². The number of benzene rings is 3. The average molecular weight is 566 g/mol. The van der Waals surface area contributed by atoms with Crippen LogP contribution in [-0.4, -0.2) is 46.7 Å². The molecule has 0 aliphatic carbocycles. The third-order valence-electron chi connectivity index (χ3n) is 6.07. The third-order valence-corrected chi connectivity index (χ3v) is 6.81. The van der Waals surface area contributed by atoms with Crippen LogP contribution < -0.4 is 10.1 Å². The quantitative estimate of drug-likeness (QED) is 0.240. The summed E-state index contributed by atoms with van der Waals surface area (Å²) in [6, 6.07) is 21.9. The first kappa shape index (κ1) is 28.2. The van der Waals surface area contributed by atoms with Crippen molar-refractivity contribution in [3.8, 4) is 22.6 Å². The SMILES string of the molecule is COc1ccc(-n2nc(C)c(-c3ccccc3)c2NC(=O)CN(CC(C)C)C(=O)c2ccc(Cl)c(Cl)c2)cc1. The number of carbonyl (C=O) groups is 2. The Bertz CT molecular complexity index is 1470. The highest BCUT2D eigenvalue weighted by Gasteiger charge is 2.24. The summed E-state index contributed by atoms with van der Waals surface area (Å²) >= 11 is 12.2. The number of amides is 2. The van der Waals surface area contributed by atoms with Crippen LogP contribution in [0.1, 0.15) is 29.9 Å². The Morgan fingerprint density at radius 3 is 2.31 bits per heavy atom. The number of halogens is 2. The maximum Gasteiger partial charge on any atom is 0.254 e. The van der Waals surface area contributed by atoms with E-state index in [1.807, 2.05) is 75.4 Å². The Labute approximate surface area is 238 Å². The van der Waals surface area contributed by atoms with Gasteiger partial charge in [0.15, 0.2) is 0 Å². The molecule has 1 heterocycles. The van der Waals surface area contributed by atoms with Gasteiger partial charge in [0.25, 0.3) is 5.91 Å². The number of carbonyl (C=O) groups excluding carboxylic acids is 2. The average Bonchev–Trinajstić information content (AvgIpc) is 3.24. The maximum absolute atomic E-state index is 13.5. The molecule has 0 radical (unpaired) electrons. The maximum atomic E-state index is 13.5. The molecule has 0 spiro atoms. The minimum Gasteiger partial charge on any atom is -0.497 e. The lowest BCUT2D eigenvalue weighted by atomic mass is 10.1. The lowest BCUT2D eigenvalue weighted by Crippen LogP contribution is -2.40. The summed E-state index contributed by atoms with van der Waals surface area (Å²) in [6.45, 7) is 6.11. The number of nitrogens with one attached hydrogen (secondary N) is 1. The topological polar surface area (TPSA) is 76.5 Å². The van der Waals surface area contributed by atoms with E-state index >= 15 is 0 Å². The number of aromatic nitrogens is 2. The fourth-order valence-corrected chi connectivity index (χ4v) is 4.62. The van der Waals surface area contributed by atoms with Crippen molar-refractivity contribution in [2.24, 2.45) is 5.92 Å². The van der Waals surface area contributed by atoms with E-state index in [0.29, 0.717) is 28.7 Å². The monoisotopic (exact) mass is 564 g/mol. The second-order valence-corrected chi connectivity index (χ2v) is 10.4. The van der Waals surface area contributed by atoms with E-state index in [2.05, 4.69) is 5.32 Å². The fourth-order valence-electron chi connectivity index (χ4n) is 4.32. The van der Waals surface area contributed by atoms with Crippen LogP contribution >= 0.6 is 23.2 Å². The molecule has 0 bridgehead atoms. The zero-order chi connectivity index (χ0) is 28.1. The van der Waals surface area contributed by atoms with Crippen LogP contribution in [0.4, 0.5) is 5.82 Å². The van der Waals surface area contributed by atoms with E-state index in [1.54, 1.807) is 23.9 Å². The smallest absolute Gasteiger partial charge is 0.254 e. The molecule has 202 valence electrons. The summed E-state index contributed by atoms with van der Waals surface area (Å²) in [7, 11) is 1.61. The summed E-state index contributed by atoms with van der Waals surface area (Å²) in [5.41, 5.74) is 3.57. The number of rotatable bonds is 9. The predicted octanol–water partition coefficient (Wildman–Crippen LogP) is 6.90. The van der Waals surface area contributed by atoms with Crippen LogP contribution in [-0.2, 0) is 4.79 Å². The number of hydrogen-bond acceptors (Lipinski definition) is 4. The van der Waals surface area contributed by atoms with Crippen molar-refractivity contribution in [3.05, 3.63) is 94.1 Å². The van der Waals surface area contributed by atoms with Crippen molar-refractivity contribution in [1.29, 1.82) is 0 Å². The summed E-state index contributed by atoms with van der Waals surface area (Å²) in [5, 5.41) is 8.43. The molecule has 7 nitrogen and oxygen atoms in total. The highest BCUT2D eigenvalue weighted by atomic mass is 35.5. The largest absolute Gasteiger partial charge is 0.497 e. The van der Waals surface area contributed by atoms with Gasteiger partial charge in [0, 0.05) is 17.7 Å². The Morgan fingerprint density at radius 2 is 1.69 bits per heavy atom. The highest BCUT2D eigenvalue weighted by Crippen LogP contribution is 2.34. The normalized spacial score (nSPS) is 10.9. The first-order valence-electron chi connectivity index (χ1n) is 12.5. The highest BCUT2D eigenvalue weighted by molar-refractivity contribution is 6.42. The molecule has 4 rings (SSSR count). The third kappa shape index (κ3) is 6.61. The molecule has 0 aliphatic rings. The van der Waals surface area contributed by atoms with Gasteiger partial charge >= 0.3 is 0 Å². The van der Waals surface area contributed by atoms with Crippen LogP contribution in [0.2, 0.25) is 10.0 Å². The standard InChI is InChI=1S/C30H30Cl2N4O3/c1-19(2)17-35(30(38)22-10-15-25(31)26(32)16-22)18-27(37)33-29-28(21-8-6-5-7-9-21)20(3)34-36(29)23-11-13-24(39-4)14-12-23/h5-16,19H,17-18H2,1-4H3,(H,33,37). The number of nitrogens with zero attached hydrogens (tertiary/aromatic N) is 3. The molecule has 1 aromatic heterocycles. The van der Waals surface area contributed by atoms with Gasteiger partial charge in [0.1, 0.15) is 18.1 Å². The molecule has 2 amide bonds. The first-order valence-corrected chi connectivity index (χ1v) is 13.3. The molecule has 4 aromatic rings. The van der Waals surface area contributed by atoms with Crippen LogP contribution in [0, 0.1) is 12.8 Å². The van der Waals surface area contributed by atoms with Crippen LogP contribution in [0.25, 0.3) is 16.8 Å². The molecule has 0 unspecified atom stereocenters. The van der Waals surface area contributed by atoms with E-state index in [-0.39, 0.29) is 29.3 Å². The molecule has 1 N–H and O–H groups in total. The number of ether oxygens (including phenoxy) is 1. The van der Waals surface area contributed by atoms with Crippen molar-refractivity contribution in [2.75, 3.05) is 25.5 Å². The van der Waals surface area contributed by atoms with Crippen LogP contribution in [0.3, 0.4) is 0 Å². The Morgan fingerprint density at radius 1 is 1.00 bits per heavy atom. The molecule has 0 saturated heterocycles. The second-order valence-electron chi connectivity index (χ2n) is 9.54. The van der Waals surface area contributed by atoms with Gasteiger partial charge in [-0.1, -0.05) is 67.4 Å². The number of anilines is 1. The molecular formula is C30H30Cl2N4O3. The summed E-state index contributed by atoms with van der Waals surface area (Å²) < 4.78 is 6.99. The van der Waals surface area contributed by atoms with E-state index in [0.717, 1.165) is 22.5 Å². The minimum atomic E-state index is -0.351. The Balaban J connectivity index is 1.69. The number of hydrogen-bond donors (Lipinski definition) is 1. The van der Waals surface area contributed by atoms with E-state index in [4.69, 9.17) is 33.0 Å². The summed E-state index contributed by atoms with van der Waals surface area (Å²) in [6.07, 6.45) is 0. The van der Waals surface area contributed by atoms with Crippen molar-refractivity contribution in [2.45, 2.75) is 20.8 Å². The van der Waals surface area contributed by atoms with E-state index in [9.17, 15) is 9.59 Å². The molecule has 0 fully saturated rings. The number of methoxy groups -OCH3 is 1. The zero-order valence-corrected chi connectivity index (χ0v) is 23.8. The predicted molar refractivity (Wildman–Crippen MR) is 156 cm³/mol. The lowest BCUT2D eigenvalue weighted by Gasteiger charge is -2.24. The van der Waals surface area contributed by atoms with Crippen molar-refractivity contribution >= 4 is 40.8 Å². The molecule has 0 saturated carbocycles. The van der Waals surface area contributed by atoms with Gasteiger partial charge in [-0.2, -0.15) is 5.10 Å². The number of aryl methyl sites for hydroxylation is 1. The van der Waals surface area contributed by atoms with Gasteiger partial charge in [-0.25, -0.2) is 4.68 Å². The van der Waals surface area contributed by atoms with Gasteiger partial charge in [0.05, 0.1) is 28.5 Å². The van der Waals surface area contributed by atoms with Crippen LogP contribution in [0.5, 0.6) is 5.75 Å². The van der Waals surface area contributed by atoms with Crippen molar-refractivity contribution in [3.63, 3.8) is 0 Å². The molecular weight excluding hydrogens is 535 g/mol. The summed E-state index contributed by atoms with van der Waals surface area (Å²) in [4.78, 5) is 28.4. The molecule has 0 atom stereocenters. The molecule has 39 heavy (non-hydrogen) atoms. The summed E-state index contributed by atoms with van der Waals surface area (Å²) in [5.74, 6) is 0.704.